The Hall–Kier alpha value is -2.76. The number of hydrogen-bond donors (Lipinski definition) is 2. The van der Waals surface area contributed by atoms with Crippen LogP contribution in [0.1, 0.15) is 10.4 Å². The number of aromatic carboxylic acids is 1. The van der Waals surface area contributed by atoms with Gasteiger partial charge in [0.1, 0.15) is 0 Å². The van der Waals surface area contributed by atoms with Crippen molar-refractivity contribution in [2.45, 2.75) is 0 Å². The van der Waals surface area contributed by atoms with Gasteiger partial charge in [0.25, 0.3) is 0 Å². The molecule has 0 aliphatic carbocycles. The summed E-state index contributed by atoms with van der Waals surface area (Å²) >= 11 is 0. The van der Waals surface area contributed by atoms with Crippen LogP contribution in [0, 0.1) is 0 Å². The van der Waals surface area contributed by atoms with Gasteiger partial charge >= 0.3 is 5.97 Å². The van der Waals surface area contributed by atoms with Gasteiger partial charge in [0.2, 0.25) is 0 Å². The summed E-state index contributed by atoms with van der Waals surface area (Å²) in [5.41, 5.74) is 2.17. The second-order valence-electron chi connectivity index (χ2n) is 3.34. The quantitative estimate of drug-likeness (QED) is 0.678. The van der Waals surface area contributed by atoms with E-state index in [1.807, 2.05) is 6.07 Å². The number of aromatic amines is 1. The van der Waals surface area contributed by atoms with Crippen LogP contribution < -0.4 is 0 Å². The number of carboxylic acid groups (broad SMARTS) is 1. The van der Waals surface area contributed by atoms with E-state index in [0.29, 0.717) is 0 Å². The number of H-pyrrole nitrogens is 1. The lowest BCUT2D eigenvalue weighted by molar-refractivity contribution is 0.0696. The maximum Gasteiger partial charge on any atom is 0.337 e. The highest BCUT2D eigenvalue weighted by Crippen LogP contribution is 2.03. The fourth-order valence-corrected chi connectivity index (χ4v) is 1.27. The summed E-state index contributed by atoms with van der Waals surface area (Å²) in [5, 5.41) is 8.34. The van der Waals surface area contributed by atoms with E-state index >= 15 is 0 Å². The normalized spacial score (nSPS) is 9.56. The van der Waals surface area contributed by atoms with Crippen LogP contribution >= 0.6 is 0 Å². The van der Waals surface area contributed by atoms with Crippen molar-refractivity contribution in [2.75, 3.05) is 0 Å². The van der Waals surface area contributed by atoms with Crippen molar-refractivity contribution in [3.05, 3.63) is 54.9 Å². The lowest BCUT2D eigenvalue weighted by atomic mass is 10.3. The fourth-order valence-electron chi connectivity index (χ4n) is 1.27. The molecule has 2 N–H and O–H groups in total. The molecule has 0 aliphatic rings. The summed E-state index contributed by atoms with van der Waals surface area (Å²) in [6.07, 6.45) is 7.98. The molecule has 0 radical (unpaired) electrons. The van der Waals surface area contributed by atoms with Crippen molar-refractivity contribution in [1.29, 1.82) is 0 Å². The van der Waals surface area contributed by atoms with Crippen LogP contribution in [0.5, 0.6) is 0 Å². The molecule has 0 spiro atoms. The zero-order valence-corrected chi connectivity index (χ0v) is 9.32. The van der Waals surface area contributed by atoms with Crippen molar-refractivity contribution < 1.29 is 9.90 Å². The fraction of sp³-hybridized carbons (Fsp3) is 0. The van der Waals surface area contributed by atoms with Crippen LogP contribution in [0.4, 0.5) is 0 Å². The van der Waals surface area contributed by atoms with E-state index in [-0.39, 0.29) is 5.56 Å². The van der Waals surface area contributed by atoms with E-state index in [0.717, 1.165) is 11.0 Å². The second-order valence-corrected chi connectivity index (χ2v) is 3.34. The zero-order valence-electron chi connectivity index (χ0n) is 9.32. The Balaban J connectivity index is 0.000000134. The maximum absolute atomic E-state index is 10.2. The number of carbonyl (C=O) groups is 1. The van der Waals surface area contributed by atoms with Crippen LogP contribution in [0.25, 0.3) is 11.0 Å². The molecule has 3 aromatic heterocycles. The SMILES string of the molecule is O=C(O)c1cccnc1.c1cc2nc[nH]c2cn1. The molecule has 6 heteroatoms. The first-order chi connectivity index (χ1) is 8.77. The highest BCUT2D eigenvalue weighted by atomic mass is 16.4. The molecule has 0 fully saturated rings. The van der Waals surface area contributed by atoms with Crippen molar-refractivity contribution >= 4 is 17.0 Å². The highest BCUT2D eigenvalue weighted by molar-refractivity contribution is 5.86. The van der Waals surface area contributed by atoms with E-state index < -0.39 is 5.97 Å². The lowest BCUT2D eigenvalue weighted by Gasteiger charge is -1.87. The number of fused-ring (bicyclic) bond motifs is 1. The summed E-state index contributed by atoms with van der Waals surface area (Å²) in [7, 11) is 0. The van der Waals surface area contributed by atoms with Crippen LogP contribution in [-0.4, -0.2) is 31.0 Å². The van der Waals surface area contributed by atoms with Gasteiger partial charge in [-0.1, -0.05) is 0 Å². The van der Waals surface area contributed by atoms with Crippen molar-refractivity contribution in [3.63, 3.8) is 0 Å². The Morgan fingerprint density at radius 3 is 2.61 bits per heavy atom. The van der Waals surface area contributed by atoms with Gasteiger partial charge in [-0.3, -0.25) is 9.97 Å². The van der Waals surface area contributed by atoms with Crippen LogP contribution in [-0.2, 0) is 0 Å². The Morgan fingerprint density at radius 1 is 1.17 bits per heavy atom. The van der Waals surface area contributed by atoms with Gasteiger partial charge < -0.3 is 10.1 Å². The minimum atomic E-state index is -0.942. The Labute approximate surface area is 102 Å². The van der Waals surface area contributed by atoms with Gasteiger partial charge in [-0.25, -0.2) is 9.78 Å². The van der Waals surface area contributed by atoms with Crippen LogP contribution in [0.3, 0.4) is 0 Å². The molecule has 0 amide bonds. The molecule has 3 rings (SSSR count). The largest absolute Gasteiger partial charge is 0.478 e. The molecule has 18 heavy (non-hydrogen) atoms. The van der Waals surface area contributed by atoms with Gasteiger partial charge in [0.15, 0.2) is 0 Å². The number of nitrogens with zero attached hydrogens (tertiary/aromatic N) is 3. The molecule has 0 bridgehead atoms. The molecule has 0 aromatic carbocycles. The third-order valence-electron chi connectivity index (χ3n) is 2.13. The number of pyridine rings is 2. The smallest absolute Gasteiger partial charge is 0.337 e. The van der Waals surface area contributed by atoms with E-state index in [2.05, 4.69) is 19.9 Å². The molecular formula is C12H10N4O2. The lowest BCUT2D eigenvalue weighted by Crippen LogP contribution is -1.94. The third-order valence-corrected chi connectivity index (χ3v) is 2.13. The van der Waals surface area contributed by atoms with Crippen LogP contribution in [0.15, 0.2) is 49.3 Å². The molecule has 0 saturated carbocycles. The number of rotatable bonds is 1. The standard InChI is InChI=1S/C6H5N3.C6H5NO2/c1-2-7-3-6-5(1)8-4-9-6;8-6(9)5-2-1-3-7-4-5/h2*1-4H,(H,8,9). The molecule has 6 nitrogen and oxygen atoms in total. The van der Waals surface area contributed by atoms with E-state index in [4.69, 9.17) is 5.11 Å². The number of aromatic nitrogens is 4. The van der Waals surface area contributed by atoms with Gasteiger partial charge in [0, 0.05) is 18.6 Å². The summed E-state index contributed by atoms with van der Waals surface area (Å²) in [4.78, 5) is 24.7. The van der Waals surface area contributed by atoms with Crippen molar-refractivity contribution in [2.24, 2.45) is 0 Å². The number of carboxylic acids is 1. The topological polar surface area (TPSA) is 91.8 Å². The molecular weight excluding hydrogens is 232 g/mol. The number of nitrogens with one attached hydrogen (secondary N) is 1. The third kappa shape index (κ3) is 2.88. The molecule has 0 atom stereocenters. The molecule has 0 saturated heterocycles. The molecule has 3 aromatic rings. The monoisotopic (exact) mass is 242 g/mol. The first-order valence-electron chi connectivity index (χ1n) is 5.14. The molecule has 90 valence electrons. The second kappa shape index (κ2) is 5.53. The van der Waals surface area contributed by atoms with Gasteiger partial charge in [0.05, 0.1) is 29.1 Å². The number of imidazole rings is 1. The summed E-state index contributed by atoms with van der Waals surface area (Å²) in [5.74, 6) is -0.942. The minimum Gasteiger partial charge on any atom is -0.478 e. The summed E-state index contributed by atoms with van der Waals surface area (Å²) < 4.78 is 0. The van der Waals surface area contributed by atoms with Crippen molar-refractivity contribution in [3.8, 4) is 0 Å². The summed E-state index contributed by atoms with van der Waals surface area (Å²) in [6, 6.07) is 4.95. The van der Waals surface area contributed by atoms with Crippen molar-refractivity contribution in [1.82, 2.24) is 19.9 Å². The first-order valence-corrected chi connectivity index (χ1v) is 5.14. The average molecular weight is 242 g/mol. The van der Waals surface area contributed by atoms with Crippen LogP contribution in [0.2, 0.25) is 0 Å². The molecule has 0 aliphatic heterocycles. The Kier molecular flexibility index (Phi) is 3.60. The highest BCUT2D eigenvalue weighted by Gasteiger charge is 1.97. The Bertz CT molecular complexity index is 606. The average Bonchev–Trinajstić information content (AvgIpc) is 2.89. The van der Waals surface area contributed by atoms with E-state index in [1.54, 1.807) is 24.8 Å². The Morgan fingerprint density at radius 2 is 2.00 bits per heavy atom. The van der Waals surface area contributed by atoms with Gasteiger partial charge in [-0.2, -0.15) is 0 Å². The maximum atomic E-state index is 10.2. The number of hydrogen-bond acceptors (Lipinski definition) is 4. The van der Waals surface area contributed by atoms with E-state index in [9.17, 15) is 4.79 Å². The molecule has 3 heterocycles. The predicted octanol–water partition coefficient (Wildman–Crippen LogP) is 1.74. The predicted molar refractivity (Wildman–Crippen MR) is 65.1 cm³/mol. The zero-order chi connectivity index (χ0) is 12.8. The first kappa shape index (κ1) is 11.7. The van der Waals surface area contributed by atoms with Gasteiger partial charge in [-0.15, -0.1) is 0 Å². The summed E-state index contributed by atoms with van der Waals surface area (Å²) in [6.45, 7) is 0. The minimum absolute atomic E-state index is 0.220. The van der Waals surface area contributed by atoms with E-state index in [1.165, 1.54) is 18.5 Å². The van der Waals surface area contributed by atoms with Gasteiger partial charge in [-0.05, 0) is 18.2 Å². The molecule has 0 unspecified atom stereocenters.